The first-order valence-electron chi connectivity index (χ1n) is 7.61. The predicted molar refractivity (Wildman–Crippen MR) is 93.6 cm³/mol. The maximum absolute atomic E-state index is 12.3. The normalized spacial score (nSPS) is 12.4. The fourth-order valence-corrected chi connectivity index (χ4v) is 2.86. The summed E-state index contributed by atoms with van der Waals surface area (Å²) in [5.41, 5.74) is 2.08. The molecule has 0 bridgehead atoms. The lowest BCUT2D eigenvalue weighted by atomic mass is 10.2. The molecule has 1 atom stereocenters. The first kappa shape index (κ1) is 18.0. The van der Waals surface area contributed by atoms with E-state index in [-0.39, 0.29) is 11.9 Å². The molecule has 0 spiro atoms. The number of amides is 1. The summed E-state index contributed by atoms with van der Waals surface area (Å²) in [6.45, 7) is 7.31. The Hall–Kier alpha value is -1.34. The average Bonchev–Trinajstić information content (AvgIpc) is 3.04. The van der Waals surface area contributed by atoms with Gasteiger partial charge in [0.15, 0.2) is 0 Å². The second-order valence-electron chi connectivity index (χ2n) is 5.42. The minimum Gasteiger partial charge on any atom is -0.354 e. The number of nitrogens with zero attached hydrogens (tertiary/aromatic N) is 4. The van der Waals surface area contributed by atoms with E-state index in [1.165, 1.54) is 6.20 Å². The minimum atomic E-state index is -0.328. The average molecular weight is 403 g/mol. The van der Waals surface area contributed by atoms with Crippen LogP contribution in [0.2, 0.25) is 5.02 Å². The van der Waals surface area contributed by atoms with Crippen LogP contribution in [0.4, 0.5) is 0 Å². The van der Waals surface area contributed by atoms with Gasteiger partial charge in [-0.3, -0.25) is 14.2 Å². The molecule has 0 aliphatic carbocycles. The highest BCUT2D eigenvalue weighted by molar-refractivity contribution is 9.10. The topological polar surface area (TPSA) is 64.7 Å². The van der Waals surface area contributed by atoms with Gasteiger partial charge in [-0.1, -0.05) is 18.5 Å². The van der Waals surface area contributed by atoms with Gasteiger partial charge in [0.1, 0.15) is 6.04 Å². The van der Waals surface area contributed by atoms with Gasteiger partial charge in [-0.05, 0) is 42.6 Å². The zero-order chi connectivity index (χ0) is 17.0. The van der Waals surface area contributed by atoms with Crippen molar-refractivity contribution in [2.75, 3.05) is 6.54 Å². The Morgan fingerprint density at radius 1 is 1.48 bits per heavy atom. The van der Waals surface area contributed by atoms with Crippen LogP contribution in [0.15, 0.2) is 16.9 Å². The van der Waals surface area contributed by atoms with Crippen LogP contribution in [0.3, 0.4) is 0 Å². The molecule has 0 fully saturated rings. The number of aryl methyl sites for hydroxylation is 2. The number of halogens is 2. The summed E-state index contributed by atoms with van der Waals surface area (Å²) in [6.07, 6.45) is 4.69. The standard InChI is InChI=1S/C15H21BrClN5O/c1-4-13(22-9-12(17)8-19-22)15(23)18-6-5-7-21-11(3)14(16)10(2)20-21/h8-9,13H,4-7H2,1-3H3,(H,18,23). The number of carbonyl (C=O) groups is 1. The Labute approximate surface area is 149 Å². The number of hydrogen-bond acceptors (Lipinski definition) is 3. The fraction of sp³-hybridized carbons (Fsp3) is 0.533. The van der Waals surface area contributed by atoms with Crippen LogP contribution in [0.5, 0.6) is 0 Å². The maximum Gasteiger partial charge on any atom is 0.244 e. The van der Waals surface area contributed by atoms with E-state index in [9.17, 15) is 4.79 Å². The van der Waals surface area contributed by atoms with Crippen LogP contribution in [-0.4, -0.2) is 32.0 Å². The summed E-state index contributed by atoms with van der Waals surface area (Å²) in [4.78, 5) is 12.3. The van der Waals surface area contributed by atoms with Crippen LogP contribution in [0, 0.1) is 13.8 Å². The molecular formula is C15H21BrClN5O. The predicted octanol–water partition coefficient (Wildman–Crippen LogP) is 3.27. The molecule has 0 aliphatic rings. The second kappa shape index (κ2) is 7.97. The monoisotopic (exact) mass is 401 g/mol. The number of nitrogens with one attached hydrogen (secondary N) is 1. The van der Waals surface area contributed by atoms with Crippen LogP contribution < -0.4 is 5.32 Å². The summed E-state index contributed by atoms with van der Waals surface area (Å²) >= 11 is 9.38. The summed E-state index contributed by atoms with van der Waals surface area (Å²) in [5, 5.41) is 12.1. The molecule has 0 aliphatic heterocycles. The first-order valence-corrected chi connectivity index (χ1v) is 8.78. The molecule has 2 aromatic rings. The minimum absolute atomic E-state index is 0.0400. The van der Waals surface area contributed by atoms with Crippen molar-refractivity contribution in [3.8, 4) is 0 Å². The van der Waals surface area contributed by atoms with Gasteiger partial charge in [-0.15, -0.1) is 0 Å². The van der Waals surface area contributed by atoms with Gasteiger partial charge in [0, 0.05) is 25.0 Å². The molecule has 0 radical (unpaired) electrons. The summed E-state index contributed by atoms with van der Waals surface area (Å²) in [5.74, 6) is -0.0400. The van der Waals surface area contributed by atoms with Crippen molar-refractivity contribution in [3.63, 3.8) is 0 Å². The van der Waals surface area contributed by atoms with Gasteiger partial charge in [0.05, 0.1) is 21.4 Å². The fourth-order valence-electron chi connectivity index (χ4n) is 2.43. The summed E-state index contributed by atoms with van der Waals surface area (Å²) < 4.78 is 4.61. The van der Waals surface area contributed by atoms with Gasteiger partial charge in [-0.25, -0.2) is 0 Å². The van der Waals surface area contributed by atoms with Gasteiger partial charge in [0.2, 0.25) is 5.91 Å². The van der Waals surface area contributed by atoms with Crippen LogP contribution in [-0.2, 0) is 11.3 Å². The van der Waals surface area contributed by atoms with Gasteiger partial charge >= 0.3 is 0 Å². The molecule has 1 unspecified atom stereocenters. The van der Waals surface area contributed by atoms with Crippen LogP contribution in [0.1, 0.15) is 37.2 Å². The molecular weight excluding hydrogens is 382 g/mol. The quantitative estimate of drug-likeness (QED) is 0.723. The molecule has 1 N–H and O–H groups in total. The Bertz CT molecular complexity index is 681. The van der Waals surface area contributed by atoms with Crippen molar-refractivity contribution in [1.82, 2.24) is 24.9 Å². The number of rotatable bonds is 7. The first-order chi connectivity index (χ1) is 10.9. The van der Waals surface area contributed by atoms with E-state index in [0.29, 0.717) is 18.0 Å². The molecule has 23 heavy (non-hydrogen) atoms. The molecule has 2 rings (SSSR count). The van der Waals surface area contributed by atoms with Crippen LogP contribution >= 0.6 is 27.5 Å². The molecule has 1 amide bonds. The smallest absolute Gasteiger partial charge is 0.244 e. The van der Waals surface area contributed by atoms with E-state index >= 15 is 0 Å². The van der Waals surface area contributed by atoms with Crippen LogP contribution in [0.25, 0.3) is 0 Å². The molecule has 6 nitrogen and oxygen atoms in total. The number of hydrogen-bond donors (Lipinski definition) is 1. The number of aromatic nitrogens is 4. The third-order valence-electron chi connectivity index (χ3n) is 3.72. The Morgan fingerprint density at radius 2 is 2.22 bits per heavy atom. The Kier molecular flexibility index (Phi) is 6.24. The van der Waals surface area contributed by atoms with E-state index in [4.69, 9.17) is 11.6 Å². The summed E-state index contributed by atoms with van der Waals surface area (Å²) in [7, 11) is 0. The highest BCUT2D eigenvalue weighted by Gasteiger charge is 2.18. The molecule has 126 valence electrons. The maximum atomic E-state index is 12.3. The third kappa shape index (κ3) is 4.35. The molecule has 0 aromatic carbocycles. The zero-order valence-corrected chi connectivity index (χ0v) is 15.9. The lowest BCUT2D eigenvalue weighted by Crippen LogP contribution is -2.33. The zero-order valence-electron chi connectivity index (χ0n) is 13.5. The Morgan fingerprint density at radius 3 is 2.74 bits per heavy atom. The van der Waals surface area contributed by atoms with Crippen molar-refractivity contribution in [2.45, 2.75) is 46.2 Å². The van der Waals surface area contributed by atoms with E-state index in [1.54, 1.807) is 10.9 Å². The third-order valence-corrected chi connectivity index (χ3v) is 5.06. The molecule has 0 saturated heterocycles. The van der Waals surface area contributed by atoms with Gasteiger partial charge < -0.3 is 5.32 Å². The van der Waals surface area contributed by atoms with Gasteiger partial charge in [-0.2, -0.15) is 10.2 Å². The molecule has 8 heteroatoms. The van der Waals surface area contributed by atoms with Crippen molar-refractivity contribution in [1.29, 1.82) is 0 Å². The van der Waals surface area contributed by atoms with Crippen molar-refractivity contribution in [2.24, 2.45) is 0 Å². The largest absolute Gasteiger partial charge is 0.354 e. The highest BCUT2D eigenvalue weighted by atomic mass is 79.9. The highest BCUT2D eigenvalue weighted by Crippen LogP contribution is 2.19. The van der Waals surface area contributed by atoms with E-state index in [0.717, 1.165) is 28.8 Å². The molecule has 2 aromatic heterocycles. The summed E-state index contributed by atoms with van der Waals surface area (Å²) in [6, 6.07) is -0.328. The lowest BCUT2D eigenvalue weighted by molar-refractivity contribution is -0.124. The van der Waals surface area contributed by atoms with Crippen molar-refractivity contribution in [3.05, 3.63) is 33.3 Å². The second-order valence-corrected chi connectivity index (χ2v) is 6.64. The van der Waals surface area contributed by atoms with E-state index in [2.05, 4.69) is 31.4 Å². The Balaban J connectivity index is 1.83. The van der Waals surface area contributed by atoms with Crippen molar-refractivity contribution < 1.29 is 4.79 Å². The van der Waals surface area contributed by atoms with Gasteiger partial charge in [0.25, 0.3) is 0 Å². The molecule has 0 saturated carbocycles. The van der Waals surface area contributed by atoms with E-state index in [1.807, 2.05) is 25.5 Å². The lowest BCUT2D eigenvalue weighted by Gasteiger charge is -2.15. The molecule has 2 heterocycles. The van der Waals surface area contributed by atoms with Crippen molar-refractivity contribution >= 4 is 33.4 Å². The number of carbonyl (C=O) groups excluding carboxylic acids is 1. The van der Waals surface area contributed by atoms with E-state index < -0.39 is 0 Å². The SMILES string of the molecule is CCC(C(=O)NCCCn1nc(C)c(Br)c1C)n1cc(Cl)cn1.